The van der Waals surface area contributed by atoms with Gasteiger partial charge in [0.15, 0.2) is 0 Å². The zero-order valence-corrected chi connectivity index (χ0v) is 14.8. The third kappa shape index (κ3) is 8.47. The van der Waals surface area contributed by atoms with Crippen LogP contribution in [-0.4, -0.2) is 32.0 Å². The van der Waals surface area contributed by atoms with Gasteiger partial charge in [-0.2, -0.15) is 0 Å². The number of nitrogens with one attached hydrogen (secondary N) is 1. The largest absolute Gasteiger partial charge is 0.493 e. The minimum Gasteiger partial charge on any atom is -0.493 e. The van der Waals surface area contributed by atoms with Gasteiger partial charge in [-0.1, -0.05) is 6.58 Å². The Bertz CT molecular complexity index is 470. The van der Waals surface area contributed by atoms with Crippen molar-refractivity contribution in [2.75, 3.05) is 20.3 Å². The van der Waals surface area contributed by atoms with Crippen LogP contribution in [0.1, 0.15) is 34.1 Å². The first-order valence-electron chi connectivity index (χ1n) is 7.80. The first kappa shape index (κ1) is 19.3. The molecule has 0 spiro atoms. The van der Waals surface area contributed by atoms with Crippen LogP contribution in [0, 0.1) is 0 Å². The fraction of sp³-hybridized carbons (Fsp3) is 0.556. The second-order valence-electron chi connectivity index (χ2n) is 6.16. The van der Waals surface area contributed by atoms with Gasteiger partial charge >= 0.3 is 0 Å². The van der Waals surface area contributed by atoms with Gasteiger partial charge < -0.3 is 14.2 Å². The van der Waals surface area contributed by atoms with E-state index < -0.39 is 0 Å². The van der Waals surface area contributed by atoms with Gasteiger partial charge in [-0.05, 0) is 52.0 Å². The van der Waals surface area contributed by atoms with Crippen LogP contribution in [0.4, 0.5) is 0 Å². The molecule has 0 saturated carbocycles. The van der Waals surface area contributed by atoms with Crippen molar-refractivity contribution in [3.05, 3.63) is 36.5 Å². The van der Waals surface area contributed by atoms with E-state index >= 15 is 0 Å². The number of ether oxygens (including phenoxy) is 3. The summed E-state index contributed by atoms with van der Waals surface area (Å²) in [6.07, 6.45) is 0.741. The number of allylic oxidation sites excluding steroid dienone is 1. The fourth-order valence-corrected chi connectivity index (χ4v) is 1.60. The predicted molar refractivity (Wildman–Crippen MR) is 91.6 cm³/mol. The molecule has 0 amide bonds. The van der Waals surface area contributed by atoms with Crippen molar-refractivity contribution in [1.29, 1.82) is 0 Å². The van der Waals surface area contributed by atoms with Crippen molar-refractivity contribution in [3.63, 3.8) is 0 Å². The normalized spacial score (nSPS) is 12.6. The lowest BCUT2D eigenvalue weighted by Crippen LogP contribution is -2.25. The van der Waals surface area contributed by atoms with E-state index in [0.29, 0.717) is 13.2 Å². The van der Waals surface area contributed by atoms with Gasteiger partial charge in [0.25, 0.3) is 0 Å². The summed E-state index contributed by atoms with van der Waals surface area (Å²) in [7, 11) is 1.71. The van der Waals surface area contributed by atoms with Gasteiger partial charge in [-0.3, -0.25) is 10.3 Å². The Hall–Kier alpha value is -1.72. The smallest absolute Gasteiger partial charge is 0.119 e. The van der Waals surface area contributed by atoms with E-state index in [4.69, 9.17) is 19.0 Å². The Labute approximate surface area is 139 Å². The van der Waals surface area contributed by atoms with Gasteiger partial charge in [0, 0.05) is 19.2 Å². The van der Waals surface area contributed by atoms with Crippen molar-refractivity contribution in [1.82, 2.24) is 5.48 Å². The SMILES string of the molecule is C=C(C)NOC(C)COc1ccc(OCCC(C)(C)OC)cc1. The molecule has 1 atom stereocenters. The molecule has 130 valence electrons. The summed E-state index contributed by atoms with van der Waals surface area (Å²) in [6.45, 7) is 12.6. The highest BCUT2D eigenvalue weighted by Gasteiger charge is 2.15. The molecule has 0 radical (unpaired) electrons. The summed E-state index contributed by atoms with van der Waals surface area (Å²) in [5.41, 5.74) is 3.32. The molecule has 1 aromatic rings. The maximum atomic E-state index is 5.71. The van der Waals surface area contributed by atoms with Gasteiger partial charge in [0.05, 0.1) is 12.2 Å². The van der Waals surface area contributed by atoms with Gasteiger partial charge in [0.1, 0.15) is 24.2 Å². The zero-order valence-electron chi connectivity index (χ0n) is 14.8. The first-order valence-corrected chi connectivity index (χ1v) is 7.80. The Kier molecular flexibility index (Phi) is 7.92. The molecular formula is C18H29NO4. The molecule has 5 heteroatoms. The topological polar surface area (TPSA) is 49.0 Å². The van der Waals surface area contributed by atoms with Crippen LogP contribution in [0.2, 0.25) is 0 Å². The molecule has 0 aliphatic carbocycles. The molecule has 0 bridgehead atoms. The number of benzene rings is 1. The summed E-state index contributed by atoms with van der Waals surface area (Å²) in [6, 6.07) is 7.56. The molecule has 0 aliphatic rings. The van der Waals surface area contributed by atoms with Crippen molar-refractivity contribution in [2.24, 2.45) is 0 Å². The van der Waals surface area contributed by atoms with Crippen LogP contribution in [0.25, 0.3) is 0 Å². The number of hydrogen-bond acceptors (Lipinski definition) is 5. The van der Waals surface area contributed by atoms with E-state index in [-0.39, 0.29) is 11.7 Å². The van der Waals surface area contributed by atoms with E-state index in [1.54, 1.807) is 7.11 Å². The number of hydroxylamine groups is 1. The molecule has 0 fully saturated rings. The predicted octanol–water partition coefficient (Wildman–Crippen LogP) is 3.70. The van der Waals surface area contributed by atoms with Crippen molar-refractivity contribution >= 4 is 0 Å². The van der Waals surface area contributed by atoms with Crippen LogP contribution in [0.15, 0.2) is 36.5 Å². The minimum absolute atomic E-state index is 0.0844. The fourth-order valence-electron chi connectivity index (χ4n) is 1.60. The third-order valence-electron chi connectivity index (χ3n) is 3.27. The Morgan fingerprint density at radius 1 is 1.17 bits per heavy atom. The second kappa shape index (κ2) is 9.43. The van der Waals surface area contributed by atoms with Crippen LogP contribution in [0.5, 0.6) is 11.5 Å². The maximum absolute atomic E-state index is 5.71. The molecule has 1 N–H and O–H groups in total. The lowest BCUT2D eigenvalue weighted by molar-refractivity contribution is -0.0201. The van der Waals surface area contributed by atoms with E-state index in [1.807, 2.05) is 52.0 Å². The number of rotatable bonds is 11. The molecule has 1 rings (SSSR count). The highest BCUT2D eigenvalue weighted by Crippen LogP contribution is 2.19. The molecule has 1 aromatic carbocycles. The molecule has 0 saturated heterocycles. The first-order chi connectivity index (χ1) is 10.8. The van der Waals surface area contributed by atoms with Gasteiger partial charge in [-0.15, -0.1) is 0 Å². The summed E-state index contributed by atoms with van der Waals surface area (Å²) in [4.78, 5) is 5.33. The summed E-state index contributed by atoms with van der Waals surface area (Å²) < 4.78 is 16.7. The summed E-state index contributed by atoms with van der Waals surface area (Å²) in [5.74, 6) is 1.60. The number of methoxy groups -OCH3 is 1. The minimum atomic E-state index is -0.170. The highest BCUT2D eigenvalue weighted by atomic mass is 16.7. The zero-order chi connectivity index (χ0) is 17.3. The lowest BCUT2D eigenvalue weighted by Gasteiger charge is -2.22. The van der Waals surface area contributed by atoms with Gasteiger partial charge in [0.2, 0.25) is 0 Å². The van der Waals surface area contributed by atoms with E-state index in [1.165, 1.54) is 0 Å². The second-order valence-corrected chi connectivity index (χ2v) is 6.16. The Morgan fingerprint density at radius 2 is 1.74 bits per heavy atom. The summed E-state index contributed by atoms with van der Waals surface area (Å²) >= 11 is 0. The Balaban J connectivity index is 2.31. The lowest BCUT2D eigenvalue weighted by atomic mass is 10.1. The number of hydrogen-bond donors (Lipinski definition) is 1. The quantitative estimate of drug-likeness (QED) is 0.629. The molecule has 0 aliphatic heterocycles. The average Bonchev–Trinajstić information content (AvgIpc) is 2.52. The molecule has 5 nitrogen and oxygen atoms in total. The third-order valence-corrected chi connectivity index (χ3v) is 3.27. The van der Waals surface area contributed by atoms with Crippen molar-refractivity contribution < 1.29 is 19.0 Å². The standard InChI is InChI=1S/C18H29NO4/c1-14(2)19-23-15(3)13-22-17-9-7-16(8-10-17)21-12-11-18(4,5)20-6/h7-10,15,19H,1,11-13H2,2-6H3. The Morgan fingerprint density at radius 3 is 2.26 bits per heavy atom. The van der Waals surface area contributed by atoms with Crippen molar-refractivity contribution in [3.8, 4) is 11.5 Å². The molecule has 1 unspecified atom stereocenters. The molecule has 23 heavy (non-hydrogen) atoms. The van der Waals surface area contributed by atoms with Crippen LogP contribution in [0.3, 0.4) is 0 Å². The molecule has 0 aromatic heterocycles. The van der Waals surface area contributed by atoms with Crippen LogP contribution < -0.4 is 15.0 Å². The van der Waals surface area contributed by atoms with Crippen LogP contribution >= 0.6 is 0 Å². The molecule has 0 heterocycles. The van der Waals surface area contributed by atoms with Crippen LogP contribution in [-0.2, 0) is 9.57 Å². The van der Waals surface area contributed by atoms with Gasteiger partial charge in [-0.25, -0.2) is 0 Å². The summed E-state index contributed by atoms with van der Waals surface area (Å²) in [5, 5.41) is 0. The van der Waals surface area contributed by atoms with E-state index in [2.05, 4.69) is 12.1 Å². The average molecular weight is 323 g/mol. The van der Waals surface area contributed by atoms with Crippen molar-refractivity contribution in [2.45, 2.75) is 45.8 Å². The maximum Gasteiger partial charge on any atom is 0.119 e. The molecular weight excluding hydrogens is 294 g/mol. The monoisotopic (exact) mass is 323 g/mol. The highest BCUT2D eigenvalue weighted by molar-refractivity contribution is 5.31. The van der Waals surface area contributed by atoms with E-state index in [0.717, 1.165) is 23.6 Å². The van der Waals surface area contributed by atoms with E-state index in [9.17, 15) is 0 Å².